The normalized spacial score (nSPS) is 15.1. The molecule has 0 saturated heterocycles. The Labute approximate surface area is 251 Å². The van der Waals surface area contributed by atoms with Gasteiger partial charge in [0, 0.05) is 24.0 Å². The highest BCUT2D eigenvalue weighted by molar-refractivity contribution is 5.90. The Balaban J connectivity index is 1.66. The van der Waals surface area contributed by atoms with Gasteiger partial charge in [-0.15, -0.1) is 0 Å². The van der Waals surface area contributed by atoms with Gasteiger partial charge >= 0.3 is 0 Å². The third kappa shape index (κ3) is 6.61. The Hall–Kier alpha value is -6.14. The predicted octanol–water partition coefficient (Wildman–Crippen LogP) is 8.45. The Kier molecular flexibility index (Phi) is 8.90. The Bertz CT molecular complexity index is 1780. The Morgan fingerprint density at radius 2 is 1.02 bits per heavy atom. The van der Waals surface area contributed by atoms with Crippen LogP contribution in [0.2, 0.25) is 0 Å². The number of hydrogen-bond acceptors (Lipinski definition) is 5. The van der Waals surface area contributed by atoms with Crippen LogP contribution in [0.1, 0.15) is 29.5 Å². The minimum Gasteiger partial charge on any atom is -0.456 e. The molecular weight excluding hydrogens is 528 g/mol. The van der Waals surface area contributed by atoms with Crippen molar-refractivity contribution in [2.45, 2.75) is 12.8 Å². The van der Waals surface area contributed by atoms with Gasteiger partial charge in [-0.1, -0.05) is 109 Å². The van der Waals surface area contributed by atoms with Crippen molar-refractivity contribution in [2.24, 2.45) is 11.8 Å². The summed E-state index contributed by atoms with van der Waals surface area (Å²) in [5.41, 5.74) is 7.08. The molecule has 0 saturated carbocycles. The quantitative estimate of drug-likeness (QED) is 0.278. The van der Waals surface area contributed by atoms with Crippen molar-refractivity contribution >= 4 is 17.1 Å². The van der Waals surface area contributed by atoms with E-state index in [9.17, 15) is 21.0 Å². The van der Waals surface area contributed by atoms with Crippen molar-refractivity contribution < 1.29 is 4.74 Å². The fraction of sp³-hybridized carbons (Fsp3) is 0.105. The molecule has 2 aliphatic rings. The van der Waals surface area contributed by atoms with Crippen LogP contribution in [0.4, 0.5) is 0 Å². The van der Waals surface area contributed by atoms with E-state index in [0.29, 0.717) is 0 Å². The molecule has 1 aliphatic heterocycles. The van der Waals surface area contributed by atoms with E-state index < -0.39 is 11.8 Å². The van der Waals surface area contributed by atoms with Crippen LogP contribution >= 0.6 is 0 Å². The maximum Gasteiger partial charge on any atom is 0.137 e. The van der Waals surface area contributed by atoms with Gasteiger partial charge in [0.15, 0.2) is 0 Å². The molecule has 1 aliphatic carbocycles. The summed E-state index contributed by atoms with van der Waals surface area (Å²) in [6.45, 7) is 0. The van der Waals surface area contributed by atoms with Crippen LogP contribution in [0.5, 0.6) is 0 Å². The van der Waals surface area contributed by atoms with Gasteiger partial charge in [0.1, 0.15) is 23.4 Å². The molecule has 0 amide bonds. The maximum atomic E-state index is 9.67. The van der Waals surface area contributed by atoms with E-state index in [2.05, 4.69) is 24.3 Å². The first kappa shape index (κ1) is 28.4. The molecule has 0 bridgehead atoms. The standard InChI is InChI=1S/C38H26N4O/c39-23-28(24-40)18-34-22-33(35(19-29(25-41)26-42)38(34)32-14-8-3-9-15-32)17-16-27-20-36(30-10-4-1-5-11-30)43-37(21-27)31-12-6-2-7-13-31/h1-17,20-22,28-29H,18-19H2/b33-17+. The Morgan fingerprint density at radius 3 is 1.51 bits per heavy atom. The Morgan fingerprint density at radius 1 is 0.558 bits per heavy atom. The summed E-state index contributed by atoms with van der Waals surface area (Å²) in [5, 5.41) is 38.4. The fourth-order valence-corrected chi connectivity index (χ4v) is 5.14. The van der Waals surface area contributed by atoms with Gasteiger partial charge in [-0.3, -0.25) is 0 Å². The monoisotopic (exact) mass is 554 g/mol. The molecule has 0 aromatic heterocycles. The third-order valence-electron chi connectivity index (χ3n) is 7.21. The summed E-state index contributed by atoms with van der Waals surface area (Å²) in [7, 11) is 0. The number of hydrogen-bond donors (Lipinski definition) is 0. The number of nitriles is 4. The average Bonchev–Trinajstić information content (AvgIpc) is 3.42. The van der Waals surface area contributed by atoms with Gasteiger partial charge in [-0.2, -0.15) is 21.0 Å². The van der Waals surface area contributed by atoms with Crippen molar-refractivity contribution in [1.82, 2.24) is 0 Å². The zero-order valence-electron chi connectivity index (χ0n) is 23.3. The van der Waals surface area contributed by atoms with Crippen molar-refractivity contribution in [3.8, 4) is 24.3 Å². The van der Waals surface area contributed by atoms with E-state index in [4.69, 9.17) is 4.74 Å². The van der Waals surface area contributed by atoms with Gasteiger partial charge in [0.25, 0.3) is 0 Å². The highest BCUT2D eigenvalue weighted by atomic mass is 16.5. The summed E-state index contributed by atoms with van der Waals surface area (Å²) in [5.74, 6) is -0.239. The molecule has 5 rings (SSSR count). The van der Waals surface area contributed by atoms with Crippen LogP contribution in [0.15, 0.2) is 144 Å². The number of nitrogens with zero attached hydrogens (tertiary/aromatic N) is 4. The van der Waals surface area contributed by atoms with Crippen LogP contribution in [0.3, 0.4) is 0 Å². The molecular formula is C38H26N4O. The second-order valence-corrected chi connectivity index (χ2v) is 10.1. The first-order valence-corrected chi connectivity index (χ1v) is 13.9. The summed E-state index contributed by atoms with van der Waals surface area (Å²) < 4.78 is 6.33. The van der Waals surface area contributed by atoms with Crippen molar-refractivity contribution in [2.75, 3.05) is 0 Å². The van der Waals surface area contributed by atoms with Gasteiger partial charge in [0.05, 0.1) is 24.3 Å². The van der Waals surface area contributed by atoms with E-state index >= 15 is 0 Å². The second-order valence-electron chi connectivity index (χ2n) is 10.1. The van der Waals surface area contributed by atoms with E-state index in [1.807, 2.05) is 121 Å². The first-order chi connectivity index (χ1) is 21.1. The fourth-order valence-electron chi connectivity index (χ4n) is 5.14. The van der Waals surface area contributed by atoms with Gasteiger partial charge in [0.2, 0.25) is 0 Å². The lowest BCUT2D eigenvalue weighted by Gasteiger charge is -2.19. The molecule has 5 heteroatoms. The van der Waals surface area contributed by atoms with Crippen LogP contribution < -0.4 is 0 Å². The molecule has 5 nitrogen and oxygen atoms in total. The molecule has 3 aromatic carbocycles. The molecule has 0 unspecified atom stereocenters. The minimum absolute atomic E-state index is 0.218. The zero-order valence-corrected chi connectivity index (χ0v) is 23.3. The molecule has 43 heavy (non-hydrogen) atoms. The molecule has 0 atom stereocenters. The molecule has 0 radical (unpaired) electrons. The maximum absolute atomic E-state index is 9.67. The molecule has 3 aromatic rings. The largest absolute Gasteiger partial charge is 0.456 e. The van der Waals surface area contributed by atoms with Crippen LogP contribution in [0, 0.1) is 57.2 Å². The number of benzene rings is 3. The molecule has 0 fully saturated rings. The lowest BCUT2D eigenvalue weighted by Crippen LogP contribution is -2.01. The zero-order chi connectivity index (χ0) is 30.0. The third-order valence-corrected chi connectivity index (χ3v) is 7.21. The SMILES string of the molecule is N#CC(C#N)CC1=C/C(=C\C=C2C=C(c3ccccc3)OC(c3ccccc3)=C2)C(CC(C#N)C#N)=C1c1ccccc1. The van der Waals surface area contributed by atoms with E-state index in [1.165, 1.54) is 0 Å². The second kappa shape index (κ2) is 13.5. The first-order valence-electron chi connectivity index (χ1n) is 13.9. The van der Waals surface area contributed by atoms with Crippen molar-refractivity contribution in [1.29, 1.82) is 21.0 Å². The highest BCUT2D eigenvalue weighted by Gasteiger charge is 2.27. The predicted molar refractivity (Wildman–Crippen MR) is 166 cm³/mol. The number of allylic oxidation sites excluding steroid dienone is 10. The van der Waals surface area contributed by atoms with E-state index in [-0.39, 0.29) is 12.8 Å². The minimum atomic E-state index is -0.850. The van der Waals surface area contributed by atoms with Crippen molar-refractivity contribution in [3.63, 3.8) is 0 Å². The molecule has 0 spiro atoms. The summed E-state index contributed by atoms with van der Waals surface area (Å²) >= 11 is 0. The van der Waals surface area contributed by atoms with E-state index in [1.54, 1.807) is 0 Å². The van der Waals surface area contributed by atoms with Gasteiger partial charge in [-0.25, -0.2) is 0 Å². The molecule has 1 heterocycles. The lowest BCUT2D eigenvalue weighted by atomic mass is 9.88. The van der Waals surface area contributed by atoms with Crippen LogP contribution in [-0.2, 0) is 4.74 Å². The summed E-state index contributed by atoms with van der Waals surface area (Å²) in [4.78, 5) is 0. The van der Waals surface area contributed by atoms with Crippen LogP contribution in [-0.4, -0.2) is 0 Å². The lowest BCUT2D eigenvalue weighted by molar-refractivity contribution is 0.467. The molecule has 0 N–H and O–H groups in total. The topological polar surface area (TPSA) is 104 Å². The highest BCUT2D eigenvalue weighted by Crippen LogP contribution is 2.43. The van der Waals surface area contributed by atoms with E-state index in [0.717, 1.165) is 56.1 Å². The van der Waals surface area contributed by atoms with Gasteiger partial charge in [-0.05, 0) is 45.6 Å². The number of ether oxygens (including phenoxy) is 1. The average molecular weight is 555 g/mol. The molecule has 204 valence electrons. The number of rotatable bonds is 8. The van der Waals surface area contributed by atoms with Gasteiger partial charge < -0.3 is 4.74 Å². The van der Waals surface area contributed by atoms with Crippen LogP contribution in [0.25, 0.3) is 17.1 Å². The summed E-state index contributed by atoms with van der Waals surface area (Å²) in [6, 6.07) is 37.8. The van der Waals surface area contributed by atoms with Crippen molar-refractivity contribution in [3.05, 3.63) is 160 Å². The smallest absolute Gasteiger partial charge is 0.137 e. The summed E-state index contributed by atoms with van der Waals surface area (Å²) in [6.07, 6.45) is 10.4.